The second-order valence-electron chi connectivity index (χ2n) is 7.01. The first-order chi connectivity index (χ1) is 15.0. The zero-order valence-electron chi connectivity index (χ0n) is 16.8. The second-order valence-corrected chi connectivity index (χ2v) is 8.89. The van der Waals surface area contributed by atoms with Crippen LogP contribution in [0.1, 0.15) is 12.0 Å². The number of imidazole rings is 1. The standard InChI is InChI=1S/C22H20Cl2N4O2S/c1-15-11-17(24)12-19-21(15)26-22(31-19)28(9-2-8-27-10-7-25-14-27)20(29)13-30-18-5-3-16(23)4-6-18/h3-7,10-12,14H,2,8-9,13H2,1H3. The zero-order valence-corrected chi connectivity index (χ0v) is 19.1. The summed E-state index contributed by atoms with van der Waals surface area (Å²) in [5.41, 5.74) is 1.84. The maximum atomic E-state index is 13.1. The molecule has 0 aliphatic rings. The fourth-order valence-electron chi connectivity index (χ4n) is 3.17. The van der Waals surface area contributed by atoms with Gasteiger partial charge in [-0.2, -0.15) is 0 Å². The van der Waals surface area contributed by atoms with Crippen molar-refractivity contribution in [2.75, 3.05) is 18.1 Å². The van der Waals surface area contributed by atoms with Gasteiger partial charge in [0.1, 0.15) is 5.75 Å². The average Bonchev–Trinajstić information content (AvgIpc) is 3.40. The average molecular weight is 475 g/mol. The van der Waals surface area contributed by atoms with Gasteiger partial charge in [0.2, 0.25) is 0 Å². The van der Waals surface area contributed by atoms with E-state index < -0.39 is 0 Å². The highest BCUT2D eigenvalue weighted by Crippen LogP contribution is 2.33. The van der Waals surface area contributed by atoms with Crippen LogP contribution in [0.4, 0.5) is 5.13 Å². The quantitative estimate of drug-likeness (QED) is 0.332. The van der Waals surface area contributed by atoms with E-state index in [4.69, 9.17) is 32.9 Å². The van der Waals surface area contributed by atoms with E-state index in [1.807, 2.05) is 29.8 Å². The monoisotopic (exact) mass is 474 g/mol. The number of aromatic nitrogens is 3. The van der Waals surface area contributed by atoms with E-state index in [0.29, 0.717) is 27.5 Å². The third-order valence-electron chi connectivity index (χ3n) is 4.70. The number of aryl methyl sites for hydroxylation is 2. The largest absolute Gasteiger partial charge is 0.484 e. The number of nitrogens with zero attached hydrogens (tertiary/aromatic N) is 4. The van der Waals surface area contributed by atoms with Crippen LogP contribution < -0.4 is 9.64 Å². The molecule has 0 saturated carbocycles. The maximum Gasteiger partial charge on any atom is 0.266 e. The van der Waals surface area contributed by atoms with Gasteiger partial charge in [-0.1, -0.05) is 34.5 Å². The number of fused-ring (bicyclic) bond motifs is 1. The van der Waals surface area contributed by atoms with Crippen LogP contribution in [0.3, 0.4) is 0 Å². The number of benzene rings is 2. The molecule has 160 valence electrons. The molecule has 0 aliphatic carbocycles. The number of hydrogen-bond acceptors (Lipinski definition) is 5. The summed E-state index contributed by atoms with van der Waals surface area (Å²) in [6, 6.07) is 10.7. The summed E-state index contributed by atoms with van der Waals surface area (Å²) in [6.45, 7) is 3.13. The summed E-state index contributed by atoms with van der Waals surface area (Å²) >= 11 is 13.6. The van der Waals surface area contributed by atoms with Gasteiger partial charge in [-0.15, -0.1) is 0 Å². The van der Waals surface area contributed by atoms with E-state index in [0.717, 1.165) is 28.7 Å². The molecule has 0 radical (unpaired) electrons. The van der Waals surface area contributed by atoms with Crippen molar-refractivity contribution in [2.45, 2.75) is 19.9 Å². The lowest BCUT2D eigenvalue weighted by Gasteiger charge is -2.20. The Morgan fingerprint density at radius 3 is 2.74 bits per heavy atom. The molecule has 0 N–H and O–H groups in total. The predicted molar refractivity (Wildman–Crippen MR) is 126 cm³/mol. The van der Waals surface area contributed by atoms with Gasteiger partial charge in [0.15, 0.2) is 11.7 Å². The van der Waals surface area contributed by atoms with Crippen molar-refractivity contribution in [3.8, 4) is 5.75 Å². The van der Waals surface area contributed by atoms with Gasteiger partial charge in [-0.3, -0.25) is 9.69 Å². The molecule has 0 unspecified atom stereocenters. The molecular weight excluding hydrogens is 455 g/mol. The van der Waals surface area contributed by atoms with E-state index in [1.165, 1.54) is 11.3 Å². The Kier molecular flexibility index (Phi) is 6.75. The lowest BCUT2D eigenvalue weighted by molar-refractivity contribution is -0.120. The van der Waals surface area contributed by atoms with Crippen molar-refractivity contribution >= 4 is 55.8 Å². The zero-order chi connectivity index (χ0) is 21.8. The molecule has 0 spiro atoms. The maximum absolute atomic E-state index is 13.1. The lowest BCUT2D eigenvalue weighted by Crippen LogP contribution is -2.36. The highest BCUT2D eigenvalue weighted by molar-refractivity contribution is 7.22. The molecule has 4 rings (SSSR count). The number of amides is 1. The summed E-state index contributed by atoms with van der Waals surface area (Å²) in [4.78, 5) is 23.6. The molecule has 9 heteroatoms. The van der Waals surface area contributed by atoms with Gasteiger partial charge in [-0.05, 0) is 55.3 Å². The first-order valence-electron chi connectivity index (χ1n) is 9.71. The molecule has 1 amide bonds. The van der Waals surface area contributed by atoms with E-state index in [-0.39, 0.29) is 12.5 Å². The van der Waals surface area contributed by atoms with Gasteiger partial charge >= 0.3 is 0 Å². The number of carbonyl (C=O) groups is 1. The number of carbonyl (C=O) groups excluding carboxylic acids is 1. The van der Waals surface area contributed by atoms with Crippen molar-refractivity contribution < 1.29 is 9.53 Å². The first kappa shape index (κ1) is 21.6. The van der Waals surface area contributed by atoms with Gasteiger partial charge in [-0.25, -0.2) is 9.97 Å². The van der Waals surface area contributed by atoms with Crippen LogP contribution in [0.25, 0.3) is 10.2 Å². The highest BCUT2D eigenvalue weighted by atomic mass is 35.5. The van der Waals surface area contributed by atoms with Crippen molar-refractivity contribution in [1.29, 1.82) is 0 Å². The van der Waals surface area contributed by atoms with Crippen molar-refractivity contribution in [3.05, 3.63) is 70.7 Å². The van der Waals surface area contributed by atoms with Gasteiger partial charge < -0.3 is 9.30 Å². The van der Waals surface area contributed by atoms with E-state index in [2.05, 4.69) is 4.98 Å². The molecule has 2 heterocycles. The predicted octanol–water partition coefficient (Wildman–Crippen LogP) is 5.61. The molecule has 0 aliphatic heterocycles. The minimum atomic E-state index is -0.164. The lowest BCUT2D eigenvalue weighted by atomic mass is 10.2. The topological polar surface area (TPSA) is 60.2 Å². The Labute approximate surface area is 194 Å². The van der Waals surface area contributed by atoms with Crippen LogP contribution in [-0.2, 0) is 11.3 Å². The van der Waals surface area contributed by atoms with E-state index in [9.17, 15) is 4.79 Å². The number of anilines is 1. The molecule has 0 saturated heterocycles. The Balaban J connectivity index is 1.53. The van der Waals surface area contributed by atoms with Gasteiger partial charge in [0, 0.05) is 35.5 Å². The molecule has 0 fully saturated rings. The van der Waals surface area contributed by atoms with Crippen LogP contribution in [-0.4, -0.2) is 33.6 Å². The van der Waals surface area contributed by atoms with Crippen molar-refractivity contribution in [1.82, 2.24) is 14.5 Å². The summed E-state index contributed by atoms with van der Waals surface area (Å²) in [5.74, 6) is 0.423. The van der Waals surface area contributed by atoms with Crippen LogP contribution in [0.15, 0.2) is 55.1 Å². The van der Waals surface area contributed by atoms with Crippen LogP contribution >= 0.6 is 34.5 Å². The number of halogens is 2. The Hall–Kier alpha value is -2.61. The summed E-state index contributed by atoms with van der Waals surface area (Å²) in [5, 5.41) is 1.91. The van der Waals surface area contributed by atoms with Crippen molar-refractivity contribution in [3.63, 3.8) is 0 Å². The Morgan fingerprint density at radius 2 is 2.00 bits per heavy atom. The molecule has 4 aromatic rings. The fraction of sp³-hybridized carbons (Fsp3) is 0.227. The van der Waals surface area contributed by atoms with E-state index >= 15 is 0 Å². The summed E-state index contributed by atoms with van der Waals surface area (Å²) < 4.78 is 8.62. The number of thiazole rings is 1. The Bertz CT molecular complexity index is 1180. The highest BCUT2D eigenvalue weighted by Gasteiger charge is 2.21. The minimum Gasteiger partial charge on any atom is -0.484 e. The summed E-state index contributed by atoms with van der Waals surface area (Å²) in [6.07, 6.45) is 6.15. The number of ether oxygens (including phenoxy) is 1. The van der Waals surface area contributed by atoms with Gasteiger partial charge in [0.05, 0.1) is 16.5 Å². The van der Waals surface area contributed by atoms with Crippen LogP contribution in [0.2, 0.25) is 10.0 Å². The third-order valence-corrected chi connectivity index (χ3v) is 6.20. The van der Waals surface area contributed by atoms with Gasteiger partial charge in [0.25, 0.3) is 5.91 Å². The smallest absolute Gasteiger partial charge is 0.266 e. The van der Waals surface area contributed by atoms with E-state index in [1.54, 1.807) is 41.7 Å². The first-order valence-corrected chi connectivity index (χ1v) is 11.3. The molecule has 2 aromatic heterocycles. The normalized spacial score (nSPS) is 11.1. The third kappa shape index (κ3) is 5.36. The fourth-order valence-corrected chi connectivity index (χ4v) is 4.76. The summed E-state index contributed by atoms with van der Waals surface area (Å²) in [7, 11) is 0. The molecule has 0 bridgehead atoms. The number of rotatable bonds is 8. The molecule has 2 aromatic carbocycles. The molecule has 6 nitrogen and oxygen atoms in total. The van der Waals surface area contributed by atoms with Crippen molar-refractivity contribution in [2.24, 2.45) is 0 Å². The van der Waals surface area contributed by atoms with Crippen LogP contribution in [0, 0.1) is 6.92 Å². The minimum absolute atomic E-state index is 0.0949. The second kappa shape index (κ2) is 9.68. The van der Waals surface area contributed by atoms with Crippen LogP contribution in [0.5, 0.6) is 5.75 Å². The Morgan fingerprint density at radius 1 is 1.19 bits per heavy atom. The number of hydrogen-bond donors (Lipinski definition) is 0. The molecule has 0 atom stereocenters. The SMILES string of the molecule is Cc1cc(Cl)cc2sc(N(CCCn3ccnc3)C(=O)COc3ccc(Cl)cc3)nc12. The molecule has 31 heavy (non-hydrogen) atoms. The molecular formula is C22H20Cl2N4O2S.